The molecule has 4 heteroatoms. The van der Waals surface area contributed by atoms with Gasteiger partial charge in [-0.3, -0.25) is 9.78 Å². The molecule has 0 radical (unpaired) electrons. The fraction of sp³-hybridized carbons (Fsp3) is 0.455. The Balaban J connectivity index is 1.99. The molecule has 1 amide bonds. The fourth-order valence-electron chi connectivity index (χ4n) is 1.93. The molecule has 1 aliphatic carbocycles. The van der Waals surface area contributed by atoms with E-state index in [-0.39, 0.29) is 11.8 Å². The number of pyridine rings is 1. The van der Waals surface area contributed by atoms with Crippen molar-refractivity contribution >= 4 is 24.2 Å². The number of carbonyl (C=O) groups excluding carboxylic acids is 1. The van der Waals surface area contributed by atoms with Gasteiger partial charge in [-0.05, 0) is 18.9 Å². The van der Waals surface area contributed by atoms with Crippen molar-refractivity contribution in [3.63, 3.8) is 0 Å². The van der Waals surface area contributed by atoms with Crippen LogP contribution in [0.5, 0.6) is 0 Å². The Morgan fingerprint density at radius 1 is 1.40 bits per heavy atom. The highest BCUT2D eigenvalue weighted by atomic mass is 32.1. The highest BCUT2D eigenvalue weighted by Crippen LogP contribution is 2.26. The van der Waals surface area contributed by atoms with Crippen molar-refractivity contribution in [2.75, 3.05) is 5.32 Å². The maximum absolute atomic E-state index is 11.8. The van der Waals surface area contributed by atoms with E-state index in [1.165, 1.54) is 12.8 Å². The lowest BCUT2D eigenvalue weighted by atomic mass is 10.1. The summed E-state index contributed by atoms with van der Waals surface area (Å²) in [7, 11) is 0. The van der Waals surface area contributed by atoms with E-state index in [0.717, 1.165) is 23.4 Å². The molecule has 0 aliphatic heterocycles. The van der Waals surface area contributed by atoms with Gasteiger partial charge in [-0.2, -0.15) is 0 Å². The largest absolute Gasteiger partial charge is 0.324 e. The molecule has 0 spiro atoms. The van der Waals surface area contributed by atoms with Gasteiger partial charge in [0.1, 0.15) is 0 Å². The number of rotatable bonds is 2. The summed E-state index contributed by atoms with van der Waals surface area (Å²) in [4.78, 5) is 16.5. The molecule has 3 nitrogen and oxygen atoms in total. The molecule has 1 aromatic rings. The Bertz CT molecular complexity index is 361. The highest BCUT2D eigenvalue weighted by molar-refractivity contribution is 7.80. The van der Waals surface area contributed by atoms with E-state index < -0.39 is 0 Å². The summed E-state index contributed by atoms with van der Waals surface area (Å²) >= 11 is 4.17. The van der Waals surface area contributed by atoms with Crippen LogP contribution in [-0.4, -0.2) is 10.9 Å². The molecule has 80 valence electrons. The third-order valence-corrected chi connectivity index (χ3v) is 2.96. The third-order valence-electron chi connectivity index (χ3n) is 2.72. The molecule has 0 saturated heterocycles. The van der Waals surface area contributed by atoms with E-state index in [0.29, 0.717) is 0 Å². The van der Waals surface area contributed by atoms with Gasteiger partial charge >= 0.3 is 0 Å². The van der Waals surface area contributed by atoms with Crippen molar-refractivity contribution in [3.05, 3.63) is 18.5 Å². The van der Waals surface area contributed by atoms with Gasteiger partial charge in [-0.25, -0.2) is 0 Å². The average molecular weight is 222 g/mol. The zero-order valence-corrected chi connectivity index (χ0v) is 9.33. The summed E-state index contributed by atoms with van der Waals surface area (Å²) in [5.74, 6) is 0.307. The number of anilines is 1. The standard InChI is InChI=1S/C11H14N2OS/c14-11(8-3-1-2-4-8)13-9-5-10(15)7-12-6-9/h5-8,15H,1-4H2,(H,13,14). The highest BCUT2D eigenvalue weighted by Gasteiger charge is 2.22. The molecule has 0 atom stereocenters. The number of nitrogens with zero attached hydrogens (tertiary/aromatic N) is 1. The van der Waals surface area contributed by atoms with Crippen molar-refractivity contribution in [1.82, 2.24) is 4.98 Å². The number of aromatic nitrogens is 1. The van der Waals surface area contributed by atoms with Crippen LogP contribution in [0.1, 0.15) is 25.7 Å². The normalized spacial score (nSPS) is 16.6. The molecule has 1 fully saturated rings. The van der Waals surface area contributed by atoms with Crippen molar-refractivity contribution in [2.24, 2.45) is 5.92 Å². The molecule has 1 heterocycles. The van der Waals surface area contributed by atoms with Gasteiger partial charge in [0.25, 0.3) is 0 Å². The van der Waals surface area contributed by atoms with Crippen LogP contribution in [0.2, 0.25) is 0 Å². The molecule has 1 aromatic heterocycles. The van der Waals surface area contributed by atoms with E-state index in [1.807, 2.05) is 6.07 Å². The number of thiol groups is 1. The minimum atomic E-state index is 0.119. The molecule has 2 rings (SSSR count). The van der Waals surface area contributed by atoms with Crippen molar-refractivity contribution in [1.29, 1.82) is 0 Å². The summed E-state index contributed by atoms with van der Waals surface area (Å²) in [6, 6.07) is 1.81. The average Bonchev–Trinajstić information content (AvgIpc) is 2.70. The van der Waals surface area contributed by atoms with Gasteiger partial charge < -0.3 is 5.32 Å². The second-order valence-electron chi connectivity index (χ2n) is 3.90. The monoisotopic (exact) mass is 222 g/mol. The molecule has 1 N–H and O–H groups in total. The van der Waals surface area contributed by atoms with E-state index in [2.05, 4.69) is 22.9 Å². The molecular weight excluding hydrogens is 208 g/mol. The first-order valence-electron chi connectivity index (χ1n) is 5.20. The number of carbonyl (C=O) groups is 1. The smallest absolute Gasteiger partial charge is 0.227 e. The Labute approximate surface area is 94.7 Å². The van der Waals surface area contributed by atoms with Crippen LogP contribution in [0.15, 0.2) is 23.4 Å². The van der Waals surface area contributed by atoms with Gasteiger partial charge in [-0.15, -0.1) is 12.6 Å². The van der Waals surface area contributed by atoms with Crippen LogP contribution in [0.25, 0.3) is 0 Å². The summed E-state index contributed by atoms with van der Waals surface area (Å²) in [6.45, 7) is 0. The molecule has 15 heavy (non-hydrogen) atoms. The van der Waals surface area contributed by atoms with Crippen LogP contribution < -0.4 is 5.32 Å². The number of hydrogen-bond acceptors (Lipinski definition) is 3. The van der Waals surface area contributed by atoms with Crippen molar-refractivity contribution in [3.8, 4) is 0 Å². The lowest BCUT2D eigenvalue weighted by molar-refractivity contribution is -0.119. The molecule has 0 bridgehead atoms. The van der Waals surface area contributed by atoms with Crippen LogP contribution in [0, 0.1) is 5.92 Å². The number of amides is 1. The predicted octanol–water partition coefficient (Wildman–Crippen LogP) is 2.50. The molecule has 1 aliphatic rings. The van der Waals surface area contributed by atoms with Crippen molar-refractivity contribution in [2.45, 2.75) is 30.6 Å². The van der Waals surface area contributed by atoms with Crippen LogP contribution in [-0.2, 0) is 4.79 Å². The Morgan fingerprint density at radius 3 is 2.80 bits per heavy atom. The first kappa shape index (κ1) is 10.5. The van der Waals surface area contributed by atoms with E-state index in [4.69, 9.17) is 0 Å². The SMILES string of the molecule is O=C(Nc1cncc(S)c1)C1CCCC1. The van der Waals surface area contributed by atoms with E-state index in [9.17, 15) is 4.79 Å². The van der Waals surface area contributed by atoms with Crippen LogP contribution in [0.4, 0.5) is 5.69 Å². The Morgan fingerprint density at radius 2 is 2.13 bits per heavy atom. The Kier molecular flexibility index (Phi) is 3.26. The van der Waals surface area contributed by atoms with E-state index in [1.54, 1.807) is 12.4 Å². The van der Waals surface area contributed by atoms with E-state index >= 15 is 0 Å². The van der Waals surface area contributed by atoms with Gasteiger partial charge in [0.15, 0.2) is 0 Å². The van der Waals surface area contributed by atoms with Gasteiger partial charge in [0, 0.05) is 17.0 Å². The van der Waals surface area contributed by atoms with Gasteiger partial charge in [0.2, 0.25) is 5.91 Å². The quantitative estimate of drug-likeness (QED) is 0.755. The molecule has 0 unspecified atom stereocenters. The first-order valence-corrected chi connectivity index (χ1v) is 5.65. The molecule has 1 saturated carbocycles. The zero-order valence-electron chi connectivity index (χ0n) is 8.44. The topological polar surface area (TPSA) is 42.0 Å². The predicted molar refractivity (Wildman–Crippen MR) is 62.1 cm³/mol. The fourth-order valence-corrected chi connectivity index (χ4v) is 2.13. The second-order valence-corrected chi connectivity index (χ2v) is 4.42. The first-order chi connectivity index (χ1) is 7.25. The third kappa shape index (κ3) is 2.72. The number of hydrogen-bond donors (Lipinski definition) is 2. The van der Waals surface area contributed by atoms with Gasteiger partial charge in [-0.1, -0.05) is 12.8 Å². The number of nitrogens with one attached hydrogen (secondary N) is 1. The molecular formula is C11H14N2OS. The Hall–Kier alpha value is -1.03. The van der Waals surface area contributed by atoms with Gasteiger partial charge in [0.05, 0.1) is 11.9 Å². The van der Waals surface area contributed by atoms with Crippen LogP contribution >= 0.6 is 12.6 Å². The minimum Gasteiger partial charge on any atom is -0.324 e. The minimum absolute atomic E-state index is 0.119. The second kappa shape index (κ2) is 4.66. The zero-order chi connectivity index (χ0) is 10.7. The maximum Gasteiger partial charge on any atom is 0.227 e. The summed E-state index contributed by atoms with van der Waals surface area (Å²) < 4.78 is 0. The lowest BCUT2D eigenvalue weighted by Gasteiger charge is -2.09. The summed E-state index contributed by atoms with van der Waals surface area (Å²) in [6.07, 6.45) is 7.66. The van der Waals surface area contributed by atoms with Crippen molar-refractivity contribution < 1.29 is 4.79 Å². The molecule has 0 aromatic carbocycles. The lowest BCUT2D eigenvalue weighted by Crippen LogP contribution is -2.20. The van der Waals surface area contributed by atoms with Crippen LogP contribution in [0.3, 0.4) is 0 Å². The maximum atomic E-state index is 11.8. The summed E-state index contributed by atoms with van der Waals surface area (Å²) in [5.41, 5.74) is 0.736. The summed E-state index contributed by atoms with van der Waals surface area (Å²) in [5, 5.41) is 2.87.